The van der Waals surface area contributed by atoms with E-state index < -0.39 is 0 Å². The first-order valence-electron chi connectivity index (χ1n) is 5.75. The highest BCUT2D eigenvalue weighted by Gasteiger charge is 2.47. The lowest BCUT2D eigenvalue weighted by atomic mass is 9.77. The van der Waals surface area contributed by atoms with Gasteiger partial charge in [0, 0.05) is 10.3 Å². The van der Waals surface area contributed by atoms with Crippen molar-refractivity contribution >= 4 is 16.9 Å². The lowest BCUT2D eigenvalue weighted by molar-refractivity contribution is 0.0927. The van der Waals surface area contributed by atoms with E-state index in [1.54, 1.807) is 11.3 Å². The summed E-state index contributed by atoms with van der Waals surface area (Å²) < 4.78 is 0. The van der Waals surface area contributed by atoms with Crippen molar-refractivity contribution < 1.29 is 5.11 Å². The van der Waals surface area contributed by atoms with Crippen molar-refractivity contribution in [2.45, 2.75) is 38.2 Å². The van der Waals surface area contributed by atoms with E-state index in [1.807, 2.05) is 0 Å². The van der Waals surface area contributed by atoms with Gasteiger partial charge in [0.25, 0.3) is 0 Å². The monoisotopic (exact) mass is 220 g/mol. The second-order valence-electron chi connectivity index (χ2n) is 4.70. The van der Waals surface area contributed by atoms with Crippen molar-refractivity contribution in [3.8, 4) is 0 Å². The summed E-state index contributed by atoms with van der Waals surface area (Å²) >= 11 is 1.80. The minimum Gasteiger partial charge on any atom is -0.392 e. The van der Waals surface area contributed by atoms with Crippen molar-refractivity contribution in [3.05, 3.63) is 28.5 Å². The van der Waals surface area contributed by atoms with E-state index in [1.165, 1.54) is 23.3 Å². The molecular weight excluding hydrogens is 204 g/mol. The van der Waals surface area contributed by atoms with Crippen LogP contribution in [-0.4, -0.2) is 11.2 Å². The Labute approximate surface area is 94.4 Å². The minimum atomic E-state index is -0.103. The van der Waals surface area contributed by atoms with Gasteiger partial charge in [-0.1, -0.05) is 12.1 Å². The van der Waals surface area contributed by atoms with Gasteiger partial charge in [-0.15, -0.1) is 11.3 Å². The van der Waals surface area contributed by atoms with Gasteiger partial charge in [-0.05, 0) is 49.1 Å². The molecule has 2 atom stereocenters. The van der Waals surface area contributed by atoms with E-state index >= 15 is 0 Å². The average molecular weight is 220 g/mol. The van der Waals surface area contributed by atoms with E-state index in [9.17, 15) is 5.11 Å². The van der Waals surface area contributed by atoms with Crippen LogP contribution >= 0.6 is 11.3 Å². The van der Waals surface area contributed by atoms with Gasteiger partial charge in [0.1, 0.15) is 0 Å². The molecule has 0 radical (unpaired) electrons. The summed E-state index contributed by atoms with van der Waals surface area (Å²) in [7, 11) is 0. The molecule has 1 spiro atoms. The van der Waals surface area contributed by atoms with Crippen LogP contribution in [0.25, 0.3) is 5.57 Å². The lowest BCUT2D eigenvalue weighted by Crippen LogP contribution is -2.28. The summed E-state index contributed by atoms with van der Waals surface area (Å²) in [6.07, 6.45) is 7.89. The topological polar surface area (TPSA) is 20.2 Å². The summed E-state index contributed by atoms with van der Waals surface area (Å²) in [5, 5.41) is 12.3. The summed E-state index contributed by atoms with van der Waals surface area (Å²) in [5.41, 5.74) is 1.55. The van der Waals surface area contributed by atoms with E-state index in [2.05, 4.69) is 23.6 Å². The van der Waals surface area contributed by atoms with Crippen LogP contribution in [0.1, 0.15) is 37.0 Å². The summed E-state index contributed by atoms with van der Waals surface area (Å²) in [6.45, 7) is 0. The van der Waals surface area contributed by atoms with Crippen molar-refractivity contribution in [1.82, 2.24) is 0 Å². The van der Waals surface area contributed by atoms with E-state index in [0.717, 1.165) is 19.3 Å². The summed E-state index contributed by atoms with van der Waals surface area (Å²) in [6, 6.07) is 4.29. The highest BCUT2D eigenvalue weighted by Crippen LogP contribution is 2.55. The van der Waals surface area contributed by atoms with Gasteiger partial charge < -0.3 is 5.11 Å². The first-order valence-corrected chi connectivity index (χ1v) is 6.63. The number of hydrogen-bond donors (Lipinski definition) is 1. The van der Waals surface area contributed by atoms with E-state index in [-0.39, 0.29) is 11.5 Å². The molecule has 15 heavy (non-hydrogen) atoms. The fourth-order valence-corrected chi connectivity index (χ4v) is 4.12. The Morgan fingerprint density at radius 1 is 1.40 bits per heavy atom. The zero-order chi connectivity index (χ0) is 10.3. The Hall–Kier alpha value is -0.600. The molecule has 0 aliphatic heterocycles. The Bertz CT molecular complexity index is 379. The van der Waals surface area contributed by atoms with Gasteiger partial charge in [-0.25, -0.2) is 0 Å². The van der Waals surface area contributed by atoms with Crippen molar-refractivity contribution in [2.24, 2.45) is 5.41 Å². The third kappa shape index (κ3) is 1.31. The molecule has 80 valence electrons. The zero-order valence-corrected chi connectivity index (χ0v) is 9.59. The standard InChI is InChI=1S/C13H16OS/c14-12-6-2-8-13(12)7-1-4-10(13)11-5-3-9-15-11/h3-5,9,12,14H,1-2,6-8H2/t12-,13-/m0/s1. The maximum absolute atomic E-state index is 10.2. The van der Waals surface area contributed by atoms with Crippen LogP contribution < -0.4 is 0 Å². The van der Waals surface area contributed by atoms with Crippen LogP contribution in [0.4, 0.5) is 0 Å². The van der Waals surface area contributed by atoms with Gasteiger partial charge in [0.05, 0.1) is 6.10 Å². The van der Waals surface area contributed by atoms with Crippen LogP contribution in [0.15, 0.2) is 23.6 Å². The zero-order valence-electron chi connectivity index (χ0n) is 8.78. The molecule has 1 N–H and O–H groups in total. The maximum Gasteiger partial charge on any atom is 0.0637 e. The van der Waals surface area contributed by atoms with Crippen LogP contribution in [0.5, 0.6) is 0 Å². The molecule has 1 nitrogen and oxygen atoms in total. The number of allylic oxidation sites excluding steroid dienone is 1. The molecule has 0 aromatic carbocycles. The predicted molar refractivity (Wildman–Crippen MR) is 63.8 cm³/mol. The van der Waals surface area contributed by atoms with E-state index in [0.29, 0.717) is 0 Å². The molecule has 2 heteroatoms. The molecule has 3 rings (SSSR count). The lowest BCUT2D eigenvalue weighted by Gasteiger charge is -2.31. The van der Waals surface area contributed by atoms with Crippen LogP contribution in [0.2, 0.25) is 0 Å². The van der Waals surface area contributed by atoms with Crippen LogP contribution in [0, 0.1) is 5.41 Å². The minimum absolute atomic E-state index is 0.103. The maximum atomic E-state index is 10.2. The smallest absolute Gasteiger partial charge is 0.0637 e. The van der Waals surface area contributed by atoms with Crippen LogP contribution in [0.3, 0.4) is 0 Å². The molecule has 0 amide bonds. The normalized spacial score (nSPS) is 35.0. The first-order chi connectivity index (χ1) is 7.33. The number of rotatable bonds is 1. The molecule has 1 heterocycles. The molecule has 2 aliphatic carbocycles. The van der Waals surface area contributed by atoms with Gasteiger partial charge in [0.2, 0.25) is 0 Å². The third-order valence-corrected chi connectivity index (χ3v) is 4.90. The van der Waals surface area contributed by atoms with Crippen molar-refractivity contribution in [3.63, 3.8) is 0 Å². The molecule has 2 aliphatic rings. The molecule has 0 saturated heterocycles. The Morgan fingerprint density at radius 3 is 3.00 bits per heavy atom. The number of hydrogen-bond acceptors (Lipinski definition) is 2. The highest BCUT2D eigenvalue weighted by atomic mass is 32.1. The highest BCUT2D eigenvalue weighted by molar-refractivity contribution is 7.11. The third-order valence-electron chi connectivity index (χ3n) is 4.00. The van der Waals surface area contributed by atoms with Crippen LogP contribution in [-0.2, 0) is 0 Å². The first kappa shape index (κ1) is 9.61. The van der Waals surface area contributed by atoms with Gasteiger partial charge >= 0.3 is 0 Å². The van der Waals surface area contributed by atoms with E-state index in [4.69, 9.17) is 0 Å². The van der Waals surface area contributed by atoms with Crippen molar-refractivity contribution in [1.29, 1.82) is 0 Å². The molecule has 1 saturated carbocycles. The van der Waals surface area contributed by atoms with Crippen molar-refractivity contribution in [2.75, 3.05) is 0 Å². The quantitative estimate of drug-likeness (QED) is 0.768. The Kier molecular flexibility index (Phi) is 2.22. The van der Waals surface area contributed by atoms with Gasteiger partial charge in [-0.3, -0.25) is 0 Å². The Balaban J connectivity index is 2.01. The molecule has 1 aromatic heterocycles. The summed E-state index contributed by atoms with van der Waals surface area (Å²) in [4.78, 5) is 1.37. The largest absolute Gasteiger partial charge is 0.392 e. The molecule has 0 bridgehead atoms. The Morgan fingerprint density at radius 2 is 2.33 bits per heavy atom. The molecular formula is C13H16OS. The summed E-state index contributed by atoms with van der Waals surface area (Å²) in [5.74, 6) is 0. The average Bonchev–Trinajstić information content (AvgIpc) is 2.92. The number of thiophene rings is 1. The van der Waals surface area contributed by atoms with Gasteiger partial charge in [-0.2, -0.15) is 0 Å². The number of aliphatic hydroxyl groups excluding tert-OH is 1. The second kappa shape index (κ2) is 3.46. The fraction of sp³-hybridized carbons (Fsp3) is 0.538. The molecule has 0 unspecified atom stereocenters. The SMILES string of the molecule is O[C@H]1CCC[C@]12CCC=C2c1cccs1. The fourth-order valence-electron chi connectivity index (χ4n) is 3.25. The molecule has 1 fully saturated rings. The molecule has 1 aromatic rings. The van der Waals surface area contributed by atoms with Gasteiger partial charge in [0.15, 0.2) is 0 Å². The number of aliphatic hydroxyl groups is 1. The second-order valence-corrected chi connectivity index (χ2v) is 5.65. The predicted octanol–water partition coefficient (Wildman–Crippen LogP) is 3.46.